The summed E-state index contributed by atoms with van der Waals surface area (Å²) < 4.78 is 0. The van der Waals surface area contributed by atoms with E-state index >= 15 is 0 Å². The number of nitrogens with two attached hydrogens (primary N) is 1. The molecule has 4 heteroatoms. The molecule has 0 bridgehead atoms. The van der Waals surface area contributed by atoms with Crippen molar-refractivity contribution in [2.75, 3.05) is 25.9 Å². The lowest BCUT2D eigenvalue weighted by molar-refractivity contribution is 0.0946. The summed E-state index contributed by atoms with van der Waals surface area (Å²) in [6, 6.07) is 2.02. The number of likely N-dealkylation sites (N-methyl/N-ethyl adjacent to an activating group) is 2. The van der Waals surface area contributed by atoms with Crippen molar-refractivity contribution in [2.24, 2.45) is 0 Å². The highest BCUT2D eigenvalue weighted by atomic mass is 15.2. The molecule has 0 radical (unpaired) electrons. The van der Waals surface area contributed by atoms with Crippen LogP contribution < -0.4 is 11.1 Å². The van der Waals surface area contributed by atoms with E-state index in [0.29, 0.717) is 0 Å². The molecule has 1 unspecified atom stereocenters. The van der Waals surface area contributed by atoms with Gasteiger partial charge in [-0.25, -0.2) is 0 Å². The molecule has 0 aliphatic heterocycles. The van der Waals surface area contributed by atoms with Crippen LogP contribution in [-0.2, 0) is 0 Å². The molecule has 1 rings (SSSR count). The molecule has 18 heavy (non-hydrogen) atoms. The molecular formula is C14H26N4. The van der Waals surface area contributed by atoms with Gasteiger partial charge in [-0.3, -0.25) is 9.88 Å². The predicted octanol–water partition coefficient (Wildman–Crippen LogP) is 2.04. The monoisotopic (exact) mass is 250 g/mol. The molecule has 4 nitrogen and oxygen atoms in total. The Morgan fingerprint density at radius 3 is 2.44 bits per heavy atom. The molecule has 0 amide bonds. The molecule has 1 aromatic rings. The first-order chi connectivity index (χ1) is 8.48. The number of nitrogen functional groups attached to an aromatic ring is 1. The molecule has 0 aliphatic rings. The van der Waals surface area contributed by atoms with Crippen molar-refractivity contribution in [3.63, 3.8) is 0 Å². The lowest BCUT2D eigenvalue weighted by Gasteiger charge is -2.43. The van der Waals surface area contributed by atoms with Gasteiger partial charge in [0.05, 0.1) is 6.04 Å². The minimum atomic E-state index is -0.0184. The zero-order chi connectivity index (χ0) is 13.8. The van der Waals surface area contributed by atoms with Crippen molar-refractivity contribution in [1.82, 2.24) is 15.2 Å². The largest absolute Gasteiger partial charge is 0.398 e. The maximum absolute atomic E-state index is 6.08. The molecule has 0 aromatic carbocycles. The van der Waals surface area contributed by atoms with Crippen LogP contribution in [0, 0.1) is 0 Å². The highest BCUT2D eigenvalue weighted by Crippen LogP contribution is 2.32. The first-order valence-corrected chi connectivity index (χ1v) is 6.60. The van der Waals surface area contributed by atoms with E-state index in [1.54, 1.807) is 6.20 Å². The summed E-state index contributed by atoms with van der Waals surface area (Å²) in [6.45, 7) is 10.9. The number of hydrogen-bond acceptors (Lipinski definition) is 4. The van der Waals surface area contributed by atoms with Gasteiger partial charge in [-0.2, -0.15) is 0 Å². The summed E-state index contributed by atoms with van der Waals surface area (Å²) in [5.74, 6) is 0. The molecule has 3 N–H and O–H groups in total. The van der Waals surface area contributed by atoms with E-state index in [0.717, 1.165) is 24.3 Å². The quantitative estimate of drug-likeness (QED) is 0.811. The fourth-order valence-electron chi connectivity index (χ4n) is 2.77. The second-order valence-corrected chi connectivity index (χ2v) is 5.05. The van der Waals surface area contributed by atoms with Crippen LogP contribution in [-0.4, -0.2) is 35.6 Å². The van der Waals surface area contributed by atoms with Crippen LogP contribution >= 0.6 is 0 Å². The standard InChI is InChI=1S/C14H26N4/c1-6-18(7-2)14(3,4)13(16-5)11-10-17-9-8-12(11)15/h8-10,13,16H,6-7H2,1-5H3,(H2,15,17). The van der Waals surface area contributed by atoms with Crippen LogP contribution in [0.1, 0.15) is 39.3 Å². The number of aromatic nitrogens is 1. The van der Waals surface area contributed by atoms with E-state index in [1.807, 2.05) is 19.3 Å². The zero-order valence-corrected chi connectivity index (χ0v) is 12.2. The van der Waals surface area contributed by atoms with Crippen molar-refractivity contribution in [3.05, 3.63) is 24.0 Å². The Morgan fingerprint density at radius 1 is 1.39 bits per heavy atom. The Hall–Kier alpha value is -1.13. The fraction of sp³-hybridized carbons (Fsp3) is 0.643. The SMILES string of the molecule is CCN(CC)C(C)(C)C(NC)c1cnccc1N. The van der Waals surface area contributed by atoms with Gasteiger partial charge in [0, 0.05) is 29.2 Å². The highest BCUT2D eigenvalue weighted by molar-refractivity contribution is 5.47. The predicted molar refractivity (Wildman–Crippen MR) is 77.5 cm³/mol. The summed E-state index contributed by atoms with van der Waals surface area (Å²) in [6.07, 6.45) is 3.59. The average Bonchev–Trinajstić information content (AvgIpc) is 2.33. The average molecular weight is 250 g/mol. The summed E-state index contributed by atoms with van der Waals surface area (Å²) in [4.78, 5) is 6.63. The van der Waals surface area contributed by atoms with Gasteiger partial charge in [0.15, 0.2) is 0 Å². The second-order valence-electron chi connectivity index (χ2n) is 5.05. The third-order valence-electron chi connectivity index (χ3n) is 3.77. The van der Waals surface area contributed by atoms with Gasteiger partial charge in [-0.1, -0.05) is 13.8 Å². The third-order valence-corrected chi connectivity index (χ3v) is 3.77. The number of pyridine rings is 1. The van der Waals surface area contributed by atoms with Crippen molar-refractivity contribution in [1.29, 1.82) is 0 Å². The molecule has 0 spiro atoms. The van der Waals surface area contributed by atoms with Crippen LogP contribution in [0.25, 0.3) is 0 Å². The van der Waals surface area contributed by atoms with Crippen LogP contribution in [0.15, 0.2) is 18.5 Å². The molecule has 0 saturated carbocycles. The van der Waals surface area contributed by atoms with Crippen LogP contribution in [0.5, 0.6) is 0 Å². The maximum atomic E-state index is 6.08. The summed E-state index contributed by atoms with van der Waals surface area (Å²) in [7, 11) is 1.97. The second kappa shape index (κ2) is 6.16. The molecule has 1 atom stereocenters. The van der Waals surface area contributed by atoms with Gasteiger partial charge in [-0.15, -0.1) is 0 Å². The maximum Gasteiger partial charge on any atom is 0.0535 e. The van der Waals surface area contributed by atoms with Gasteiger partial charge in [-0.05, 0) is 40.1 Å². The topological polar surface area (TPSA) is 54.2 Å². The lowest BCUT2D eigenvalue weighted by Crippen LogP contribution is -2.52. The molecule has 0 fully saturated rings. The molecule has 102 valence electrons. The number of hydrogen-bond donors (Lipinski definition) is 2. The lowest BCUT2D eigenvalue weighted by atomic mass is 9.87. The van der Waals surface area contributed by atoms with Crippen molar-refractivity contribution in [2.45, 2.75) is 39.3 Å². The van der Waals surface area contributed by atoms with Gasteiger partial charge in [0.1, 0.15) is 0 Å². The van der Waals surface area contributed by atoms with E-state index in [2.05, 4.69) is 42.9 Å². The normalized spacial score (nSPS) is 13.9. The Bertz CT molecular complexity index is 372. The first kappa shape index (κ1) is 14.9. The Morgan fingerprint density at radius 2 is 2.00 bits per heavy atom. The van der Waals surface area contributed by atoms with E-state index in [1.165, 1.54) is 0 Å². The molecule has 0 aliphatic carbocycles. The van der Waals surface area contributed by atoms with Gasteiger partial charge >= 0.3 is 0 Å². The number of rotatable bonds is 6. The summed E-state index contributed by atoms with van der Waals surface area (Å²) in [5, 5.41) is 3.39. The molecule has 1 aromatic heterocycles. The Labute approximate surface area is 111 Å². The van der Waals surface area contributed by atoms with Crippen LogP contribution in [0.4, 0.5) is 5.69 Å². The number of nitrogens with zero attached hydrogens (tertiary/aromatic N) is 2. The molecule has 0 saturated heterocycles. The van der Waals surface area contributed by atoms with Crippen LogP contribution in [0.2, 0.25) is 0 Å². The molecule has 1 heterocycles. The van der Waals surface area contributed by atoms with E-state index < -0.39 is 0 Å². The Kier molecular flexibility index (Phi) is 5.11. The van der Waals surface area contributed by atoms with Crippen molar-refractivity contribution in [3.8, 4) is 0 Å². The number of nitrogens with one attached hydrogen (secondary N) is 1. The minimum absolute atomic E-state index is 0.0184. The third kappa shape index (κ3) is 2.82. The van der Waals surface area contributed by atoms with E-state index in [9.17, 15) is 0 Å². The zero-order valence-electron chi connectivity index (χ0n) is 12.2. The van der Waals surface area contributed by atoms with Crippen molar-refractivity contribution < 1.29 is 0 Å². The Balaban J connectivity index is 3.13. The highest BCUT2D eigenvalue weighted by Gasteiger charge is 2.35. The first-order valence-electron chi connectivity index (χ1n) is 6.60. The van der Waals surface area contributed by atoms with E-state index in [-0.39, 0.29) is 11.6 Å². The van der Waals surface area contributed by atoms with E-state index in [4.69, 9.17) is 5.73 Å². The smallest absolute Gasteiger partial charge is 0.0535 e. The van der Waals surface area contributed by atoms with Gasteiger partial charge < -0.3 is 11.1 Å². The fourth-order valence-corrected chi connectivity index (χ4v) is 2.77. The summed E-state index contributed by atoms with van der Waals surface area (Å²) >= 11 is 0. The molecular weight excluding hydrogens is 224 g/mol. The van der Waals surface area contributed by atoms with Crippen LogP contribution in [0.3, 0.4) is 0 Å². The minimum Gasteiger partial charge on any atom is -0.398 e. The number of anilines is 1. The van der Waals surface area contributed by atoms with Crippen molar-refractivity contribution >= 4 is 5.69 Å². The summed E-state index contributed by atoms with van der Waals surface area (Å²) in [5.41, 5.74) is 7.92. The van der Waals surface area contributed by atoms with Gasteiger partial charge in [0.2, 0.25) is 0 Å². The van der Waals surface area contributed by atoms with Gasteiger partial charge in [0.25, 0.3) is 0 Å².